The fourth-order valence-electron chi connectivity index (χ4n) is 4.18. The van der Waals surface area contributed by atoms with E-state index in [9.17, 15) is 9.59 Å². The van der Waals surface area contributed by atoms with E-state index >= 15 is 0 Å². The molecule has 0 aliphatic carbocycles. The zero-order valence-electron chi connectivity index (χ0n) is 22.0. The molecule has 0 heterocycles. The summed E-state index contributed by atoms with van der Waals surface area (Å²) in [5, 5.41) is 3.05. The normalized spacial score (nSPS) is 11.4. The number of benzene rings is 3. The molecule has 0 aromatic heterocycles. The van der Waals surface area contributed by atoms with Crippen molar-refractivity contribution < 1.29 is 23.8 Å². The first-order valence-electron chi connectivity index (χ1n) is 12.5. The van der Waals surface area contributed by atoms with Gasteiger partial charge in [-0.2, -0.15) is 0 Å². The van der Waals surface area contributed by atoms with E-state index in [0.717, 1.165) is 22.4 Å². The van der Waals surface area contributed by atoms with Crippen molar-refractivity contribution in [2.75, 3.05) is 27.9 Å². The van der Waals surface area contributed by atoms with Gasteiger partial charge in [-0.25, -0.2) is 0 Å². The molecule has 3 aromatic rings. The number of carbonyl (C=O) groups excluding carboxylic acids is 2. The molecular weight excluding hydrogens is 468 g/mol. The van der Waals surface area contributed by atoms with Gasteiger partial charge >= 0.3 is 0 Å². The highest BCUT2D eigenvalue weighted by atomic mass is 16.5. The molecule has 0 saturated carbocycles. The van der Waals surface area contributed by atoms with E-state index in [0.29, 0.717) is 43.9 Å². The first-order valence-corrected chi connectivity index (χ1v) is 12.5. The molecule has 0 fully saturated rings. The van der Waals surface area contributed by atoms with Crippen LogP contribution in [0.15, 0.2) is 72.8 Å². The maximum atomic E-state index is 13.6. The van der Waals surface area contributed by atoms with Crippen LogP contribution < -0.4 is 19.5 Å². The quantitative estimate of drug-likeness (QED) is 0.357. The van der Waals surface area contributed by atoms with E-state index in [1.165, 1.54) is 0 Å². The molecule has 0 aliphatic rings. The van der Waals surface area contributed by atoms with Crippen LogP contribution in [0, 0.1) is 0 Å². The zero-order valence-corrected chi connectivity index (χ0v) is 22.0. The number of rotatable bonds is 13. The Morgan fingerprint density at radius 2 is 1.51 bits per heavy atom. The summed E-state index contributed by atoms with van der Waals surface area (Å²) < 4.78 is 16.0. The lowest BCUT2D eigenvalue weighted by molar-refractivity contribution is -0.141. The summed E-state index contributed by atoms with van der Waals surface area (Å²) in [4.78, 5) is 28.6. The lowest BCUT2D eigenvalue weighted by Crippen LogP contribution is -2.43. The smallest absolute Gasteiger partial charge is 0.247 e. The Hall–Kier alpha value is -4.00. The van der Waals surface area contributed by atoms with Gasteiger partial charge < -0.3 is 24.4 Å². The van der Waals surface area contributed by atoms with Crippen molar-refractivity contribution in [1.82, 2.24) is 10.2 Å². The molecule has 7 heteroatoms. The maximum Gasteiger partial charge on any atom is 0.247 e. The Balaban J connectivity index is 1.82. The van der Waals surface area contributed by atoms with Crippen LogP contribution in [-0.2, 0) is 22.6 Å². The fraction of sp³-hybridized carbons (Fsp3) is 0.333. The minimum atomic E-state index is -0.757. The van der Waals surface area contributed by atoms with E-state index in [-0.39, 0.29) is 11.8 Å². The molecule has 1 atom stereocenters. The molecule has 196 valence electrons. The van der Waals surface area contributed by atoms with Gasteiger partial charge in [-0.15, -0.1) is 0 Å². The number of carbonyl (C=O) groups is 2. The van der Waals surface area contributed by atoms with Crippen LogP contribution in [0.2, 0.25) is 0 Å². The first-order chi connectivity index (χ1) is 18.0. The molecule has 37 heavy (non-hydrogen) atoms. The zero-order chi connectivity index (χ0) is 26.6. The van der Waals surface area contributed by atoms with E-state index in [2.05, 4.69) is 5.32 Å². The number of nitrogens with one attached hydrogen (secondary N) is 1. The molecule has 0 radical (unpaired) electrons. The van der Waals surface area contributed by atoms with E-state index in [1.807, 2.05) is 79.7 Å². The van der Waals surface area contributed by atoms with E-state index < -0.39 is 6.04 Å². The van der Waals surface area contributed by atoms with Gasteiger partial charge in [-0.3, -0.25) is 9.59 Å². The van der Waals surface area contributed by atoms with E-state index in [4.69, 9.17) is 14.2 Å². The molecule has 2 amide bonds. The predicted octanol–water partition coefficient (Wildman–Crippen LogP) is 4.94. The number of amides is 2. The van der Waals surface area contributed by atoms with Crippen molar-refractivity contribution >= 4 is 11.8 Å². The Bertz CT molecular complexity index is 1150. The van der Waals surface area contributed by atoms with Gasteiger partial charge in [0.25, 0.3) is 0 Å². The molecule has 0 unspecified atom stereocenters. The minimum Gasteiger partial charge on any atom is -0.497 e. The molecule has 0 spiro atoms. The molecule has 3 rings (SSSR count). The second-order valence-corrected chi connectivity index (χ2v) is 8.66. The largest absolute Gasteiger partial charge is 0.497 e. The summed E-state index contributed by atoms with van der Waals surface area (Å²) in [7, 11) is 4.81. The van der Waals surface area contributed by atoms with Crippen LogP contribution in [0.4, 0.5) is 0 Å². The lowest BCUT2D eigenvalue weighted by atomic mass is 10.0. The number of ether oxygens (including phenoxy) is 3. The third-order valence-electron chi connectivity index (χ3n) is 6.13. The Morgan fingerprint density at radius 1 is 0.838 bits per heavy atom. The predicted molar refractivity (Wildman–Crippen MR) is 144 cm³/mol. The average molecular weight is 505 g/mol. The molecule has 0 bridgehead atoms. The summed E-state index contributed by atoms with van der Waals surface area (Å²) in [6.07, 6.45) is 1.66. The Morgan fingerprint density at radius 3 is 2.14 bits per heavy atom. The van der Waals surface area contributed by atoms with Crippen molar-refractivity contribution in [3.8, 4) is 17.2 Å². The number of hydrogen-bond acceptors (Lipinski definition) is 5. The van der Waals surface area contributed by atoms with Gasteiger partial charge in [0.15, 0.2) is 11.5 Å². The van der Waals surface area contributed by atoms with E-state index in [1.54, 1.807) is 26.2 Å². The van der Waals surface area contributed by atoms with Crippen LogP contribution in [-0.4, -0.2) is 44.6 Å². The first kappa shape index (κ1) is 27.6. The topological polar surface area (TPSA) is 77.1 Å². The summed E-state index contributed by atoms with van der Waals surface area (Å²) in [6.45, 7) is 2.69. The van der Waals surface area contributed by atoms with Crippen LogP contribution in [0.25, 0.3) is 0 Å². The Kier molecular flexibility index (Phi) is 10.4. The number of hydrogen-bond donors (Lipinski definition) is 1. The summed E-state index contributed by atoms with van der Waals surface area (Å²) >= 11 is 0. The van der Waals surface area contributed by atoms with Crippen LogP contribution in [0.1, 0.15) is 42.5 Å². The van der Waals surface area contributed by atoms with Crippen LogP contribution in [0.5, 0.6) is 17.2 Å². The van der Waals surface area contributed by atoms with Crippen LogP contribution >= 0.6 is 0 Å². The third-order valence-corrected chi connectivity index (χ3v) is 6.13. The highest BCUT2D eigenvalue weighted by molar-refractivity contribution is 5.88. The van der Waals surface area contributed by atoms with Gasteiger partial charge in [-0.05, 0) is 53.8 Å². The van der Waals surface area contributed by atoms with Crippen molar-refractivity contribution in [1.29, 1.82) is 0 Å². The second kappa shape index (κ2) is 13.9. The fourth-order valence-corrected chi connectivity index (χ4v) is 4.18. The Labute approximate surface area is 219 Å². The summed E-state index contributed by atoms with van der Waals surface area (Å²) in [6, 6.07) is 21.9. The number of nitrogens with zero attached hydrogens (tertiary/aromatic N) is 1. The molecule has 0 aliphatic heterocycles. The second-order valence-electron chi connectivity index (χ2n) is 8.66. The van der Waals surface area contributed by atoms with Gasteiger partial charge in [0.2, 0.25) is 11.8 Å². The average Bonchev–Trinajstić information content (AvgIpc) is 2.93. The molecular formula is C30H36N2O5. The highest BCUT2D eigenvalue weighted by Crippen LogP contribution is 2.28. The number of methoxy groups -OCH3 is 3. The van der Waals surface area contributed by atoms with Crippen molar-refractivity contribution in [3.05, 3.63) is 89.5 Å². The summed E-state index contributed by atoms with van der Waals surface area (Å²) in [5.74, 6) is 1.75. The van der Waals surface area contributed by atoms with Crippen LogP contribution in [0.3, 0.4) is 0 Å². The van der Waals surface area contributed by atoms with Crippen molar-refractivity contribution in [2.24, 2.45) is 0 Å². The standard InChI is InChI=1S/C30H36N2O5/c1-5-9-28(33)32(21-23-12-15-25(35-2)16-13-23)29(24-10-7-6-8-11-24)30(34)31-19-18-22-14-17-26(36-3)27(20-22)37-4/h6-8,10-17,20,29H,5,9,18-19,21H2,1-4H3,(H,31,34)/t29-/m1/s1. The highest BCUT2D eigenvalue weighted by Gasteiger charge is 2.31. The SMILES string of the molecule is CCCC(=O)N(Cc1ccc(OC)cc1)[C@@H](C(=O)NCCc1ccc(OC)c(OC)c1)c1ccccc1. The monoisotopic (exact) mass is 504 g/mol. The molecule has 3 aromatic carbocycles. The third kappa shape index (κ3) is 7.49. The molecule has 1 N–H and O–H groups in total. The molecule has 0 saturated heterocycles. The maximum absolute atomic E-state index is 13.6. The van der Waals surface area contributed by atoms with Gasteiger partial charge in [0.1, 0.15) is 11.8 Å². The van der Waals surface area contributed by atoms with Gasteiger partial charge in [0.05, 0.1) is 21.3 Å². The summed E-state index contributed by atoms with van der Waals surface area (Å²) in [5.41, 5.74) is 2.69. The van der Waals surface area contributed by atoms with Crippen molar-refractivity contribution in [3.63, 3.8) is 0 Å². The molecule has 7 nitrogen and oxygen atoms in total. The van der Waals surface area contributed by atoms with Crippen molar-refractivity contribution in [2.45, 2.75) is 38.8 Å². The lowest BCUT2D eigenvalue weighted by Gasteiger charge is -2.31. The minimum absolute atomic E-state index is 0.0674. The van der Waals surface area contributed by atoms with Gasteiger partial charge in [0, 0.05) is 19.5 Å². The van der Waals surface area contributed by atoms with Gasteiger partial charge in [-0.1, -0.05) is 55.5 Å².